The van der Waals surface area contributed by atoms with Crippen LogP contribution in [0, 0.1) is 5.92 Å². The lowest BCUT2D eigenvalue weighted by Gasteiger charge is -2.25. The fraction of sp³-hybridized carbons (Fsp3) is 0.719. The molecule has 1 aromatic heterocycles. The van der Waals surface area contributed by atoms with Gasteiger partial charge in [-0.1, -0.05) is 147 Å². The van der Waals surface area contributed by atoms with Gasteiger partial charge in [0.1, 0.15) is 18.4 Å². The molecule has 0 fully saturated rings. The number of hydrogen-bond acceptors (Lipinski definition) is 0. The summed E-state index contributed by atoms with van der Waals surface area (Å²) in [5.74, 6) is 0.713. The minimum absolute atomic E-state index is 0.600. The van der Waals surface area contributed by atoms with Crippen molar-refractivity contribution < 1.29 is 4.57 Å². The second-order valence-electron chi connectivity index (χ2n) is 10.6. The molecule has 2 atom stereocenters. The first kappa shape index (κ1) is 28.7. The van der Waals surface area contributed by atoms with E-state index in [1.165, 1.54) is 128 Å². The van der Waals surface area contributed by atoms with E-state index in [1.54, 1.807) is 0 Å². The van der Waals surface area contributed by atoms with Crippen LogP contribution in [0.3, 0.4) is 0 Å². The number of unbranched alkanes of at least 4 members (excludes halogenated alkanes) is 14. The molecular weight excluding hydrogens is 412 g/mol. The van der Waals surface area contributed by atoms with Gasteiger partial charge in [-0.15, -0.1) is 0 Å². The van der Waals surface area contributed by atoms with Gasteiger partial charge in [0, 0.05) is 5.92 Å². The Balaban J connectivity index is 1.60. The van der Waals surface area contributed by atoms with Gasteiger partial charge in [0.15, 0.2) is 0 Å². The van der Waals surface area contributed by atoms with Gasteiger partial charge in [0.25, 0.3) is 0 Å². The summed E-state index contributed by atoms with van der Waals surface area (Å²) in [7, 11) is 0. The predicted molar refractivity (Wildman–Crippen MR) is 148 cm³/mol. The number of nitrogens with zero attached hydrogens (tertiary/aromatic N) is 1. The maximum absolute atomic E-state index is 3.27. The van der Waals surface area contributed by atoms with Crippen LogP contribution < -0.4 is 4.57 Å². The molecule has 2 unspecified atom stereocenters. The Kier molecular flexibility index (Phi) is 16.6. The summed E-state index contributed by atoms with van der Waals surface area (Å²) in [6.07, 6.45) is 33.1. The Bertz CT molecular complexity index is 664. The second-order valence-corrected chi connectivity index (χ2v) is 10.6. The largest absolute Gasteiger partial charge is 0.250 e. The quantitative estimate of drug-likeness (QED) is 0.131. The zero-order valence-corrected chi connectivity index (χ0v) is 22.7. The number of aromatic nitrogens is 2. The van der Waals surface area contributed by atoms with Crippen molar-refractivity contribution in [2.24, 2.45) is 5.92 Å². The molecular formula is C32H55N2+. The smallest absolute Gasteiger partial charge is 0.241 e. The Morgan fingerprint density at radius 2 is 1.21 bits per heavy atom. The summed E-state index contributed by atoms with van der Waals surface area (Å²) in [5.41, 5.74) is 1.49. The molecule has 1 heterocycles. The first-order chi connectivity index (χ1) is 16.8. The maximum Gasteiger partial charge on any atom is 0.241 e. The average molecular weight is 468 g/mol. The Morgan fingerprint density at radius 1 is 0.647 bits per heavy atom. The number of aromatic amines is 1. The molecule has 34 heavy (non-hydrogen) atoms. The molecule has 0 aliphatic heterocycles. The van der Waals surface area contributed by atoms with E-state index in [1.807, 2.05) is 0 Å². The highest BCUT2D eigenvalue weighted by atomic mass is 15.1. The highest BCUT2D eigenvalue weighted by Crippen LogP contribution is 2.28. The zero-order chi connectivity index (χ0) is 24.1. The molecule has 0 amide bonds. The lowest BCUT2D eigenvalue weighted by molar-refractivity contribution is -0.730. The first-order valence-corrected chi connectivity index (χ1v) is 14.9. The molecule has 2 rings (SSSR count). The number of imidazole rings is 1. The topological polar surface area (TPSA) is 19.7 Å². The van der Waals surface area contributed by atoms with E-state index in [0.717, 1.165) is 0 Å². The van der Waals surface area contributed by atoms with E-state index in [0.29, 0.717) is 12.0 Å². The van der Waals surface area contributed by atoms with Crippen LogP contribution in [0.15, 0.2) is 49.1 Å². The fourth-order valence-corrected chi connectivity index (χ4v) is 5.56. The van der Waals surface area contributed by atoms with Gasteiger partial charge in [-0.3, -0.25) is 4.98 Å². The van der Waals surface area contributed by atoms with Crippen molar-refractivity contribution in [3.63, 3.8) is 0 Å². The molecule has 2 aromatic rings. The summed E-state index contributed by atoms with van der Waals surface area (Å²) in [6.45, 7) is 4.63. The van der Waals surface area contributed by atoms with Gasteiger partial charge < -0.3 is 0 Å². The molecule has 2 heteroatoms. The summed E-state index contributed by atoms with van der Waals surface area (Å²) in [6, 6.07) is 11.7. The van der Waals surface area contributed by atoms with Crippen LogP contribution in [0.2, 0.25) is 0 Å². The number of H-pyrrole nitrogens is 1. The van der Waals surface area contributed by atoms with Crippen LogP contribution in [0.1, 0.15) is 141 Å². The van der Waals surface area contributed by atoms with Crippen molar-refractivity contribution in [2.45, 2.75) is 142 Å². The van der Waals surface area contributed by atoms with Crippen LogP contribution in [-0.2, 0) is 6.42 Å². The van der Waals surface area contributed by atoms with Gasteiger partial charge in [0.2, 0.25) is 6.33 Å². The minimum atomic E-state index is 0.600. The Hall–Kier alpha value is -1.57. The standard InChI is InChI=1S/C32H54N2/c1-3-5-6-7-8-9-10-11-12-13-14-15-16-17-21-25-31(28-30-23-19-18-20-24-30)32(22-4-2)34-27-26-33-29-34/h18-20,23-24,26-27,29,31-32H,3-17,21-22,25,28H2,1-2H3/p+1. The lowest BCUT2D eigenvalue weighted by Crippen LogP contribution is -2.42. The minimum Gasteiger partial charge on any atom is -0.250 e. The molecule has 192 valence electrons. The molecule has 0 aliphatic carbocycles. The van der Waals surface area contributed by atoms with E-state index in [9.17, 15) is 0 Å². The summed E-state index contributed by atoms with van der Waals surface area (Å²) < 4.78 is 2.43. The molecule has 2 nitrogen and oxygen atoms in total. The first-order valence-electron chi connectivity index (χ1n) is 14.9. The molecule has 0 aliphatic rings. The summed E-state index contributed by atoms with van der Waals surface area (Å²) in [4.78, 5) is 3.27. The number of rotatable bonds is 22. The monoisotopic (exact) mass is 467 g/mol. The Labute approximate surface area is 212 Å². The molecule has 0 saturated carbocycles. The van der Waals surface area contributed by atoms with Crippen molar-refractivity contribution in [1.82, 2.24) is 4.98 Å². The average Bonchev–Trinajstić information content (AvgIpc) is 3.39. The van der Waals surface area contributed by atoms with Crippen molar-refractivity contribution in [1.29, 1.82) is 0 Å². The van der Waals surface area contributed by atoms with Crippen molar-refractivity contribution in [2.75, 3.05) is 0 Å². The van der Waals surface area contributed by atoms with Gasteiger partial charge in [-0.05, 0) is 24.8 Å². The highest BCUT2D eigenvalue weighted by molar-refractivity contribution is 5.15. The second kappa shape index (κ2) is 19.7. The molecule has 0 bridgehead atoms. The van der Waals surface area contributed by atoms with Gasteiger partial charge in [-0.25, -0.2) is 4.57 Å². The molecule has 0 spiro atoms. The van der Waals surface area contributed by atoms with Crippen molar-refractivity contribution in [3.05, 3.63) is 54.6 Å². The van der Waals surface area contributed by atoms with Crippen LogP contribution in [0.5, 0.6) is 0 Å². The number of hydrogen-bond donors (Lipinski definition) is 1. The van der Waals surface area contributed by atoms with E-state index in [4.69, 9.17) is 0 Å². The van der Waals surface area contributed by atoms with Crippen LogP contribution in [-0.4, -0.2) is 4.98 Å². The third-order valence-corrected chi connectivity index (χ3v) is 7.60. The van der Waals surface area contributed by atoms with Gasteiger partial charge in [0.05, 0.1) is 0 Å². The van der Waals surface area contributed by atoms with E-state index in [2.05, 4.69) is 72.5 Å². The highest BCUT2D eigenvalue weighted by Gasteiger charge is 2.26. The third-order valence-electron chi connectivity index (χ3n) is 7.60. The van der Waals surface area contributed by atoms with Crippen LogP contribution in [0.4, 0.5) is 0 Å². The fourth-order valence-electron chi connectivity index (χ4n) is 5.56. The van der Waals surface area contributed by atoms with Crippen molar-refractivity contribution >= 4 is 0 Å². The van der Waals surface area contributed by atoms with Crippen LogP contribution in [0.25, 0.3) is 0 Å². The molecule has 1 aromatic carbocycles. The van der Waals surface area contributed by atoms with Gasteiger partial charge in [-0.2, -0.15) is 0 Å². The summed E-state index contributed by atoms with van der Waals surface area (Å²) in [5, 5.41) is 0. The maximum atomic E-state index is 3.27. The molecule has 1 N–H and O–H groups in total. The number of nitrogens with one attached hydrogen (secondary N) is 1. The predicted octanol–water partition coefficient (Wildman–Crippen LogP) is 9.76. The summed E-state index contributed by atoms with van der Waals surface area (Å²) >= 11 is 0. The van der Waals surface area contributed by atoms with E-state index in [-0.39, 0.29) is 0 Å². The lowest BCUT2D eigenvalue weighted by atomic mass is 9.85. The van der Waals surface area contributed by atoms with Crippen molar-refractivity contribution in [3.8, 4) is 0 Å². The van der Waals surface area contributed by atoms with Gasteiger partial charge >= 0.3 is 0 Å². The number of benzene rings is 1. The van der Waals surface area contributed by atoms with E-state index < -0.39 is 0 Å². The molecule has 0 radical (unpaired) electrons. The van der Waals surface area contributed by atoms with Crippen LogP contribution >= 0.6 is 0 Å². The SMILES string of the molecule is CCCCCCCCCCCCCCCCCC(Cc1ccccc1)C(CCC)[n+]1cc[nH]c1. The zero-order valence-electron chi connectivity index (χ0n) is 22.7. The third kappa shape index (κ3) is 12.8. The van der Waals surface area contributed by atoms with E-state index >= 15 is 0 Å². The molecule has 0 saturated heterocycles. The Morgan fingerprint density at radius 3 is 1.71 bits per heavy atom. The normalized spacial score (nSPS) is 13.2.